The second kappa shape index (κ2) is 4.35. The maximum Gasteiger partial charge on any atom is 0.364 e. The van der Waals surface area contributed by atoms with Gasteiger partial charge in [-0.05, 0) is 12.1 Å². The molecule has 84 valence electrons. The van der Waals surface area contributed by atoms with Gasteiger partial charge >= 0.3 is 11.7 Å². The van der Waals surface area contributed by atoms with Crippen molar-refractivity contribution in [2.75, 3.05) is 5.75 Å². The Labute approximate surface area is 93.5 Å². The Morgan fingerprint density at radius 3 is 3.12 bits per heavy atom. The molecule has 0 fully saturated rings. The van der Waals surface area contributed by atoms with Crippen LogP contribution in [-0.2, 0) is 4.79 Å². The number of fused-ring (bicyclic) bond motifs is 1. The number of aromatic amines is 1. The molecule has 2 aromatic rings. The van der Waals surface area contributed by atoms with Crippen molar-refractivity contribution in [1.29, 1.82) is 0 Å². The van der Waals surface area contributed by atoms with Gasteiger partial charge in [0.1, 0.15) is 5.03 Å². The molecular formula is C8H8N4O3S. The van der Waals surface area contributed by atoms with E-state index in [1.807, 2.05) is 0 Å². The summed E-state index contributed by atoms with van der Waals surface area (Å²) in [6, 6.07) is 3.34. The second-order valence-electron chi connectivity index (χ2n) is 2.96. The number of aromatic nitrogens is 4. The topological polar surface area (TPSA) is 100 Å². The molecule has 7 nitrogen and oxygen atoms in total. The zero-order valence-corrected chi connectivity index (χ0v) is 8.90. The van der Waals surface area contributed by atoms with Gasteiger partial charge in [0.2, 0.25) is 0 Å². The summed E-state index contributed by atoms with van der Waals surface area (Å²) in [5.74, 6) is -0.436. The highest BCUT2D eigenvalue weighted by Crippen LogP contribution is 2.15. The molecule has 0 atom stereocenters. The molecule has 0 aliphatic carbocycles. The summed E-state index contributed by atoms with van der Waals surface area (Å²) < 4.78 is 1.14. The zero-order chi connectivity index (χ0) is 11.5. The molecule has 2 heterocycles. The molecule has 2 rings (SSSR count). The Hall–Kier alpha value is -1.83. The van der Waals surface area contributed by atoms with Crippen LogP contribution in [0.2, 0.25) is 0 Å². The molecule has 8 heteroatoms. The van der Waals surface area contributed by atoms with Gasteiger partial charge in [0.05, 0.1) is 6.42 Å². The van der Waals surface area contributed by atoms with E-state index in [2.05, 4.69) is 15.3 Å². The molecular weight excluding hydrogens is 232 g/mol. The highest BCUT2D eigenvalue weighted by molar-refractivity contribution is 7.99. The van der Waals surface area contributed by atoms with Gasteiger partial charge in [-0.3, -0.25) is 4.79 Å². The van der Waals surface area contributed by atoms with Crippen LogP contribution in [0.15, 0.2) is 22.0 Å². The molecule has 0 aliphatic heterocycles. The van der Waals surface area contributed by atoms with E-state index in [9.17, 15) is 9.59 Å². The van der Waals surface area contributed by atoms with Crippen molar-refractivity contribution in [3.8, 4) is 0 Å². The maximum absolute atomic E-state index is 11.2. The molecule has 0 saturated heterocycles. The third kappa shape index (κ3) is 2.22. The van der Waals surface area contributed by atoms with Gasteiger partial charge in [0, 0.05) is 5.75 Å². The Balaban J connectivity index is 2.16. The summed E-state index contributed by atoms with van der Waals surface area (Å²) in [5.41, 5.74) is 0.0308. The highest BCUT2D eigenvalue weighted by Gasteiger charge is 2.04. The monoisotopic (exact) mass is 240 g/mol. The van der Waals surface area contributed by atoms with E-state index >= 15 is 0 Å². The Bertz CT molecular complexity index is 576. The molecule has 0 saturated carbocycles. The van der Waals surface area contributed by atoms with Crippen molar-refractivity contribution in [1.82, 2.24) is 19.8 Å². The second-order valence-corrected chi connectivity index (χ2v) is 4.08. The zero-order valence-electron chi connectivity index (χ0n) is 8.08. The van der Waals surface area contributed by atoms with Crippen molar-refractivity contribution in [2.24, 2.45) is 0 Å². The van der Waals surface area contributed by atoms with Gasteiger partial charge in [-0.2, -0.15) is 14.7 Å². The molecule has 16 heavy (non-hydrogen) atoms. The first-order chi connectivity index (χ1) is 7.66. The van der Waals surface area contributed by atoms with Crippen LogP contribution in [0.25, 0.3) is 5.65 Å². The van der Waals surface area contributed by atoms with Gasteiger partial charge in [0.15, 0.2) is 5.65 Å². The predicted octanol–water partition coefficient (Wildman–Crippen LogP) is -0.0156. The number of H-pyrrole nitrogens is 1. The van der Waals surface area contributed by atoms with Crippen LogP contribution in [0.5, 0.6) is 0 Å². The number of aliphatic carboxylic acids is 1. The van der Waals surface area contributed by atoms with Gasteiger partial charge in [0.25, 0.3) is 0 Å². The van der Waals surface area contributed by atoms with Crippen molar-refractivity contribution >= 4 is 23.4 Å². The Kier molecular flexibility index (Phi) is 2.91. The third-order valence-electron chi connectivity index (χ3n) is 1.81. The number of carbonyl (C=O) groups is 1. The summed E-state index contributed by atoms with van der Waals surface area (Å²) in [6.07, 6.45) is 0.0602. The van der Waals surface area contributed by atoms with E-state index in [4.69, 9.17) is 5.11 Å². The third-order valence-corrected chi connectivity index (χ3v) is 2.74. The summed E-state index contributed by atoms with van der Waals surface area (Å²) in [5, 5.41) is 19.1. The first-order valence-electron chi connectivity index (χ1n) is 4.46. The van der Waals surface area contributed by atoms with Crippen LogP contribution in [0.1, 0.15) is 6.42 Å². The van der Waals surface area contributed by atoms with E-state index < -0.39 is 11.7 Å². The van der Waals surface area contributed by atoms with Crippen molar-refractivity contribution < 1.29 is 9.90 Å². The number of carboxylic acid groups (broad SMARTS) is 1. The lowest BCUT2D eigenvalue weighted by atomic mass is 10.5. The first-order valence-corrected chi connectivity index (χ1v) is 5.44. The van der Waals surface area contributed by atoms with Crippen molar-refractivity contribution in [3.05, 3.63) is 22.6 Å². The lowest BCUT2D eigenvalue weighted by molar-refractivity contribution is -0.136. The molecule has 0 bridgehead atoms. The van der Waals surface area contributed by atoms with E-state index in [0.29, 0.717) is 16.4 Å². The van der Waals surface area contributed by atoms with Crippen LogP contribution in [-0.4, -0.2) is 36.6 Å². The maximum atomic E-state index is 11.2. The Morgan fingerprint density at radius 1 is 1.56 bits per heavy atom. The van der Waals surface area contributed by atoms with E-state index in [1.165, 1.54) is 11.8 Å². The molecule has 2 N–H and O–H groups in total. The van der Waals surface area contributed by atoms with Gasteiger partial charge in [-0.25, -0.2) is 9.89 Å². The van der Waals surface area contributed by atoms with E-state index in [-0.39, 0.29) is 6.42 Å². The summed E-state index contributed by atoms with van der Waals surface area (Å²) in [7, 11) is 0. The molecule has 0 unspecified atom stereocenters. The quantitative estimate of drug-likeness (QED) is 0.729. The molecule has 0 aromatic carbocycles. The fourth-order valence-electron chi connectivity index (χ4n) is 1.11. The lowest BCUT2D eigenvalue weighted by Gasteiger charge is -1.98. The normalized spacial score (nSPS) is 10.8. The summed E-state index contributed by atoms with van der Waals surface area (Å²) >= 11 is 1.28. The predicted molar refractivity (Wildman–Crippen MR) is 56.6 cm³/mol. The molecule has 2 aromatic heterocycles. The minimum Gasteiger partial charge on any atom is -0.481 e. The number of thioether (sulfide) groups is 1. The largest absolute Gasteiger partial charge is 0.481 e. The standard InChI is InChI=1S/C8H8N4O3S/c13-7(14)3-4-16-6-2-1-5-9-10-8(15)12(5)11-6/h1-2H,3-4H2,(H,10,15)(H,13,14). The number of nitrogens with zero attached hydrogens (tertiary/aromatic N) is 3. The number of hydrogen-bond acceptors (Lipinski definition) is 5. The van der Waals surface area contributed by atoms with Gasteiger partial charge in [-0.1, -0.05) is 0 Å². The molecule has 0 aliphatic rings. The lowest BCUT2D eigenvalue weighted by Crippen LogP contribution is -2.12. The van der Waals surface area contributed by atoms with E-state index in [1.54, 1.807) is 12.1 Å². The van der Waals surface area contributed by atoms with Crippen LogP contribution in [0.3, 0.4) is 0 Å². The van der Waals surface area contributed by atoms with Crippen molar-refractivity contribution in [3.63, 3.8) is 0 Å². The molecule has 0 spiro atoms. The summed E-state index contributed by atoms with van der Waals surface area (Å²) in [4.78, 5) is 21.5. The number of rotatable bonds is 4. The smallest absolute Gasteiger partial charge is 0.364 e. The molecule has 0 amide bonds. The Morgan fingerprint density at radius 2 is 2.38 bits per heavy atom. The minimum absolute atomic E-state index is 0.0602. The average molecular weight is 240 g/mol. The minimum atomic E-state index is -0.853. The van der Waals surface area contributed by atoms with E-state index in [0.717, 1.165) is 4.52 Å². The van der Waals surface area contributed by atoms with Crippen LogP contribution in [0.4, 0.5) is 0 Å². The number of hydrogen-bond donors (Lipinski definition) is 2. The van der Waals surface area contributed by atoms with Crippen LogP contribution < -0.4 is 5.69 Å². The highest BCUT2D eigenvalue weighted by atomic mass is 32.2. The van der Waals surface area contributed by atoms with Crippen LogP contribution >= 0.6 is 11.8 Å². The SMILES string of the molecule is O=C(O)CCSc1ccc2n[nH]c(=O)n2n1. The van der Waals surface area contributed by atoms with Crippen LogP contribution in [0, 0.1) is 0 Å². The number of nitrogens with one attached hydrogen (secondary N) is 1. The summed E-state index contributed by atoms with van der Waals surface area (Å²) in [6.45, 7) is 0. The van der Waals surface area contributed by atoms with Gasteiger partial charge < -0.3 is 5.11 Å². The number of carboxylic acids is 1. The first kappa shape index (κ1) is 10.7. The van der Waals surface area contributed by atoms with Gasteiger partial charge in [-0.15, -0.1) is 11.8 Å². The fourth-order valence-corrected chi connectivity index (χ4v) is 1.90. The van der Waals surface area contributed by atoms with Crippen molar-refractivity contribution in [2.45, 2.75) is 11.4 Å². The molecule has 0 radical (unpaired) electrons. The fraction of sp³-hybridized carbons (Fsp3) is 0.250. The average Bonchev–Trinajstić information content (AvgIpc) is 2.60.